The molecule has 0 unspecified atom stereocenters. The van der Waals surface area contributed by atoms with E-state index >= 15 is 0 Å². The molecule has 11 heavy (non-hydrogen) atoms. The lowest BCUT2D eigenvalue weighted by molar-refractivity contribution is -0.151. The van der Waals surface area contributed by atoms with Crippen LogP contribution >= 0.6 is 11.6 Å². The molecule has 0 aliphatic carbocycles. The van der Waals surface area contributed by atoms with Gasteiger partial charge in [-0.1, -0.05) is 0 Å². The van der Waals surface area contributed by atoms with Gasteiger partial charge in [0.05, 0.1) is 0 Å². The SMILES string of the molecule is FC(F)=NC(F)(F)C(F)(F)Cl. The molecule has 0 spiro atoms. The molecule has 0 aliphatic rings. The zero-order valence-corrected chi connectivity index (χ0v) is 5.35. The van der Waals surface area contributed by atoms with Crippen molar-refractivity contribution in [3.8, 4) is 0 Å². The fourth-order valence-corrected chi connectivity index (χ4v) is 0.212. The van der Waals surface area contributed by atoms with Crippen molar-refractivity contribution in [2.45, 2.75) is 11.4 Å². The summed E-state index contributed by atoms with van der Waals surface area (Å²) in [6.45, 7) is 0. The van der Waals surface area contributed by atoms with E-state index in [9.17, 15) is 26.3 Å². The van der Waals surface area contributed by atoms with Crippen molar-refractivity contribution >= 4 is 17.8 Å². The van der Waals surface area contributed by atoms with Gasteiger partial charge in [0.25, 0.3) is 0 Å². The molecule has 0 aliphatic heterocycles. The number of aliphatic imine (C=N–C) groups is 1. The van der Waals surface area contributed by atoms with Crippen LogP contribution in [0.5, 0.6) is 0 Å². The van der Waals surface area contributed by atoms with E-state index in [2.05, 4.69) is 11.6 Å². The Morgan fingerprint density at radius 1 is 1.09 bits per heavy atom. The summed E-state index contributed by atoms with van der Waals surface area (Å²) >= 11 is 3.75. The fourth-order valence-electron chi connectivity index (χ4n) is 0.170. The van der Waals surface area contributed by atoms with Crippen LogP contribution in [0, 0.1) is 0 Å². The molecule has 0 fully saturated rings. The number of alkyl halides is 5. The molecule has 0 heterocycles. The van der Waals surface area contributed by atoms with Crippen molar-refractivity contribution < 1.29 is 26.3 Å². The molecule has 0 aromatic carbocycles. The molecular formula is C3ClF6N. The van der Waals surface area contributed by atoms with E-state index in [-0.39, 0.29) is 0 Å². The van der Waals surface area contributed by atoms with Crippen molar-refractivity contribution in [3.05, 3.63) is 0 Å². The number of halogens is 7. The normalized spacial score (nSPS) is 13.0. The van der Waals surface area contributed by atoms with E-state index < -0.39 is 17.6 Å². The highest BCUT2D eigenvalue weighted by Crippen LogP contribution is 2.38. The Morgan fingerprint density at radius 3 is 1.55 bits per heavy atom. The number of hydrogen-bond acceptors (Lipinski definition) is 1. The largest absolute Gasteiger partial charge is 0.424 e. The molecule has 0 aromatic heterocycles. The minimum atomic E-state index is -5.27. The summed E-state index contributed by atoms with van der Waals surface area (Å²) in [7, 11) is 0. The highest BCUT2D eigenvalue weighted by molar-refractivity contribution is 6.22. The van der Waals surface area contributed by atoms with Gasteiger partial charge in [-0.15, -0.1) is 0 Å². The summed E-state index contributed by atoms with van der Waals surface area (Å²) in [5.74, 6) is 0. The molecule has 1 nitrogen and oxygen atoms in total. The van der Waals surface area contributed by atoms with Crippen LogP contribution in [0.2, 0.25) is 0 Å². The van der Waals surface area contributed by atoms with Crippen LogP contribution in [0.1, 0.15) is 0 Å². The average Bonchev–Trinajstić information content (AvgIpc) is 1.56. The lowest BCUT2D eigenvalue weighted by Gasteiger charge is -2.14. The van der Waals surface area contributed by atoms with Gasteiger partial charge >= 0.3 is 17.6 Å². The second kappa shape index (κ2) is 2.88. The van der Waals surface area contributed by atoms with Gasteiger partial charge in [0.15, 0.2) is 0 Å². The van der Waals surface area contributed by atoms with Crippen LogP contribution < -0.4 is 0 Å². The van der Waals surface area contributed by atoms with Gasteiger partial charge in [0, 0.05) is 0 Å². The standard InChI is InChI=1S/C3ClF6N/c4-2(7,8)3(9,10)11-1(5)6. The van der Waals surface area contributed by atoms with Crippen LogP contribution in [-0.2, 0) is 0 Å². The van der Waals surface area contributed by atoms with Gasteiger partial charge in [0.2, 0.25) is 0 Å². The highest BCUT2D eigenvalue weighted by Gasteiger charge is 2.56. The molecule has 0 amide bonds. The van der Waals surface area contributed by atoms with Crippen molar-refractivity contribution in [2.75, 3.05) is 0 Å². The van der Waals surface area contributed by atoms with Crippen LogP contribution in [0.3, 0.4) is 0 Å². The number of nitrogens with zero attached hydrogens (tertiary/aromatic N) is 1. The summed E-state index contributed by atoms with van der Waals surface area (Å²) in [4.78, 5) is 1.05. The molecule has 0 saturated carbocycles. The van der Waals surface area contributed by atoms with E-state index in [0.717, 1.165) is 4.99 Å². The highest BCUT2D eigenvalue weighted by atomic mass is 35.5. The van der Waals surface area contributed by atoms with Crippen LogP contribution in [-0.4, -0.2) is 17.6 Å². The number of hydrogen-bond donors (Lipinski definition) is 0. The summed E-state index contributed by atoms with van der Waals surface area (Å²) in [5, 5.41) is -5.10. The topological polar surface area (TPSA) is 12.4 Å². The van der Waals surface area contributed by atoms with E-state index in [1.807, 2.05) is 0 Å². The molecule has 8 heteroatoms. The van der Waals surface area contributed by atoms with Gasteiger partial charge in [-0.3, -0.25) is 0 Å². The van der Waals surface area contributed by atoms with Crippen molar-refractivity contribution in [2.24, 2.45) is 4.99 Å². The Balaban J connectivity index is 4.61. The maximum absolute atomic E-state index is 11.6. The molecular weight excluding hydrogens is 199 g/mol. The van der Waals surface area contributed by atoms with Crippen molar-refractivity contribution in [1.29, 1.82) is 0 Å². The summed E-state index contributed by atoms with van der Waals surface area (Å²) in [6, 6.07) is -5.27. The lowest BCUT2D eigenvalue weighted by atomic mass is 10.6. The quantitative estimate of drug-likeness (QED) is 0.281. The van der Waals surface area contributed by atoms with E-state index in [4.69, 9.17) is 0 Å². The Bertz CT molecular complexity index is 167. The smallest absolute Gasteiger partial charge is 0.179 e. The predicted octanol–water partition coefficient (Wildman–Crippen LogP) is 2.71. The van der Waals surface area contributed by atoms with Gasteiger partial charge in [-0.05, 0) is 11.6 Å². The first-order chi connectivity index (χ1) is 4.67. The van der Waals surface area contributed by atoms with Crippen LogP contribution in [0.4, 0.5) is 26.3 Å². The molecule has 0 saturated heterocycles. The van der Waals surface area contributed by atoms with E-state index in [0.29, 0.717) is 0 Å². The second-order valence-corrected chi connectivity index (χ2v) is 1.87. The monoisotopic (exact) mass is 199 g/mol. The molecule has 0 N–H and O–H groups in total. The third-order valence-corrected chi connectivity index (χ3v) is 0.793. The first kappa shape index (κ1) is 10.5. The zero-order valence-electron chi connectivity index (χ0n) is 4.59. The van der Waals surface area contributed by atoms with Crippen molar-refractivity contribution in [3.63, 3.8) is 0 Å². The van der Waals surface area contributed by atoms with Gasteiger partial charge in [-0.2, -0.15) is 31.3 Å². The minimum Gasteiger partial charge on any atom is -0.179 e. The molecule has 0 bridgehead atoms. The van der Waals surface area contributed by atoms with Gasteiger partial charge in [-0.25, -0.2) is 0 Å². The molecule has 0 rings (SSSR count). The Kier molecular flexibility index (Phi) is 2.76. The first-order valence-electron chi connectivity index (χ1n) is 2.02. The maximum atomic E-state index is 11.6. The van der Waals surface area contributed by atoms with Gasteiger partial charge < -0.3 is 0 Å². The molecule has 66 valence electrons. The average molecular weight is 199 g/mol. The Hall–Kier alpha value is -0.460. The summed E-state index contributed by atoms with van der Waals surface area (Å²) in [5.41, 5.74) is 0. The van der Waals surface area contributed by atoms with Crippen molar-refractivity contribution in [1.82, 2.24) is 0 Å². The molecule has 0 radical (unpaired) electrons. The minimum absolute atomic E-state index is 1.05. The summed E-state index contributed by atoms with van der Waals surface area (Å²) in [6.07, 6.45) is -3.16. The van der Waals surface area contributed by atoms with E-state index in [1.165, 1.54) is 0 Å². The molecule has 0 aromatic rings. The second-order valence-electron chi connectivity index (χ2n) is 1.39. The van der Waals surface area contributed by atoms with E-state index in [1.54, 1.807) is 0 Å². The van der Waals surface area contributed by atoms with Crippen LogP contribution in [0.25, 0.3) is 0 Å². The third kappa shape index (κ3) is 2.96. The summed E-state index contributed by atoms with van der Waals surface area (Å²) < 4.78 is 68.0. The Morgan fingerprint density at radius 2 is 1.45 bits per heavy atom. The maximum Gasteiger partial charge on any atom is 0.424 e. The molecule has 0 atom stereocenters. The lowest BCUT2D eigenvalue weighted by Crippen LogP contribution is -2.33. The third-order valence-electron chi connectivity index (χ3n) is 0.566. The first-order valence-corrected chi connectivity index (χ1v) is 2.40. The van der Waals surface area contributed by atoms with Crippen LogP contribution in [0.15, 0.2) is 4.99 Å². The predicted molar refractivity (Wildman–Crippen MR) is 25.4 cm³/mol. The van der Waals surface area contributed by atoms with Gasteiger partial charge in [0.1, 0.15) is 0 Å². The Labute approximate surface area is 61.7 Å². The fraction of sp³-hybridized carbons (Fsp3) is 0.667. The zero-order chi connectivity index (χ0) is 9.28. The number of rotatable bonds is 2.